The van der Waals surface area contributed by atoms with Gasteiger partial charge in [0.1, 0.15) is 11.4 Å². The first kappa shape index (κ1) is 18.6. The number of amides is 1. The summed E-state index contributed by atoms with van der Waals surface area (Å²) in [6, 6.07) is 7.71. The van der Waals surface area contributed by atoms with Crippen LogP contribution in [0.3, 0.4) is 0 Å². The number of hydrogen-bond donors (Lipinski definition) is 3. The maximum absolute atomic E-state index is 12.5. The summed E-state index contributed by atoms with van der Waals surface area (Å²) in [5, 5.41) is 24.6. The molecule has 0 aliphatic carbocycles. The number of H-pyrrole nitrogens is 1. The molecule has 11 heteroatoms. The summed E-state index contributed by atoms with van der Waals surface area (Å²) in [5.41, 5.74) is 2.98. The van der Waals surface area contributed by atoms with Gasteiger partial charge in [-0.25, -0.2) is 10.2 Å². The lowest BCUT2D eigenvalue weighted by atomic mass is 10.1. The van der Waals surface area contributed by atoms with Crippen LogP contribution < -0.4 is 11.0 Å². The molecule has 2 aromatic heterocycles. The molecule has 3 rings (SSSR count). The standard InChI is InChI=1S/C17H15N7O4/c1-9-7-13(24(23-9)17-19-14(25)10(2)20-22-17)15(26)21-18-8-11-5-3-4-6-12(11)16(27)28/h3-8H,1-2H3,(H,21,26)(H,27,28)(H,19,22,25)/b18-8-. The van der Waals surface area contributed by atoms with Crippen LogP contribution in [0.4, 0.5) is 0 Å². The highest BCUT2D eigenvalue weighted by atomic mass is 16.4. The van der Waals surface area contributed by atoms with Crippen molar-refractivity contribution in [1.29, 1.82) is 0 Å². The summed E-state index contributed by atoms with van der Waals surface area (Å²) >= 11 is 0. The molecule has 0 radical (unpaired) electrons. The Morgan fingerprint density at radius 1 is 1.25 bits per heavy atom. The fourth-order valence-corrected chi connectivity index (χ4v) is 2.32. The molecule has 3 N–H and O–H groups in total. The third-order valence-corrected chi connectivity index (χ3v) is 3.67. The molecule has 0 atom stereocenters. The highest BCUT2D eigenvalue weighted by molar-refractivity contribution is 5.99. The molecular weight excluding hydrogens is 366 g/mol. The Bertz CT molecular complexity index is 1150. The number of hydrazone groups is 1. The number of aryl methyl sites for hydroxylation is 2. The molecule has 0 saturated heterocycles. The van der Waals surface area contributed by atoms with Gasteiger partial charge in [0.05, 0.1) is 17.5 Å². The molecule has 0 spiro atoms. The van der Waals surface area contributed by atoms with E-state index in [1.807, 2.05) is 0 Å². The Labute approximate surface area is 157 Å². The summed E-state index contributed by atoms with van der Waals surface area (Å²) in [6.45, 7) is 3.17. The van der Waals surface area contributed by atoms with E-state index in [0.717, 1.165) is 4.68 Å². The van der Waals surface area contributed by atoms with Crippen LogP contribution in [0.1, 0.15) is 37.8 Å². The van der Waals surface area contributed by atoms with Crippen molar-refractivity contribution in [1.82, 2.24) is 30.4 Å². The Morgan fingerprint density at radius 3 is 2.71 bits per heavy atom. The molecule has 0 fully saturated rings. The highest BCUT2D eigenvalue weighted by Crippen LogP contribution is 2.08. The van der Waals surface area contributed by atoms with Crippen LogP contribution in [0.5, 0.6) is 0 Å². The SMILES string of the molecule is Cc1cc(C(=O)N/N=C\c2ccccc2C(=O)O)n(-c2nnc(C)c(=O)[nH]2)n1. The van der Waals surface area contributed by atoms with Crippen LogP contribution >= 0.6 is 0 Å². The number of nitrogens with zero attached hydrogens (tertiary/aromatic N) is 5. The summed E-state index contributed by atoms with van der Waals surface area (Å²) < 4.78 is 1.14. The van der Waals surface area contributed by atoms with Gasteiger partial charge in [0.2, 0.25) is 0 Å². The molecule has 0 bridgehead atoms. The fourth-order valence-electron chi connectivity index (χ4n) is 2.32. The van der Waals surface area contributed by atoms with E-state index in [-0.39, 0.29) is 22.9 Å². The first-order valence-electron chi connectivity index (χ1n) is 8.03. The Hall–Kier alpha value is -4.15. The number of benzene rings is 1. The Morgan fingerprint density at radius 2 is 2.00 bits per heavy atom. The quantitative estimate of drug-likeness (QED) is 0.427. The van der Waals surface area contributed by atoms with Gasteiger partial charge >= 0.3 is 5.97 Å². The van der Waals surface area contributed by atoms with Crippen LogP contribution in [-0.4, -0.2) is 48.2 Å². The van der Waals surface area contributed by atoms with Crippen LogP contribution in [0.25, 0.3) is 5.95 Å². The van der Waals surface area contributed by atoms with Crippen molar-refractivity contribution in [2.75, 3.05) is 0 Å². The van der Waals surface area contributed by atoms with E-state index in [4.69, 9.17) is 5.11 Å². The molecule has 1 amide bonds. The van der Waals surface area contributed by atoms with Crippen molar-refractivity contribution in [2.45, 2.75) is 13.8 Å². The summed E-state index contributed by atoms with van der Waals surface area (Å²) in [6.07, 6.45) is 1.22. The van der Waals surface area contributed by atoms with Gasteiger partial charge in [-0.1, -0.05) is 18.2 Å². The van der Waals surface area contributed by atoms with Crippen molar-refractivity contribution in [3.63, 3.8) is 0 Å². The maximum Gasteiger partial charge on any atom is 0.336 e. The van der Waals surface area contributed by atoms with Crippen molar-refractivity contribution < 1.29 is 14.7 Å². The number of carboxylic acid groups (broad SMARTS) is 1. The predicted molar refractivity (Wildman–Crippen MR) is 97.7 cm³/mol. The number of aromatic carboxylic acids is 1. The molecule has 11 nitrogen and oxygen atoms in total. The lowest BCUT2D eigenvalue weighted by Gasteiger charge is -2.05. The smallest absolute Gasteiger partial charge is 0.336 e. The lowest BCUT2D eigenvalue weighted by molar-refractivity contribution is 0.0696. The van der Waals surface area contributed by atoms with Crippen LogP contribution in [0.15, 0.2) is 40.2 Å². The molecule has 0 aliphatic heterocycles. The number of aromatic nitrogens is 5. The minimum Gasteiger partial charge on any atom is -0.478 e. The minimum absolute atomic E-state index is 0.0194. The monoisotopic (exact) mass is 381 g/mol. The second kappa shape index (κ2) is 7.61. The molecule has 0 aliphatic rings. The zero-order valence-electron chi connectivity index (χ0n) is 14.9. The molecule has 2 heterocycles. The van der Waals surface area contributed by atoms with E-state index in [9.17, 15) is 14.4 Å². The number of aromatic amines is 1. The third kappa shape index (κ3) is 3.82. The molecule has 0 unspecified atom stereocenters. The van der Waals surface area contributed by atoms with Gasteiger partial charge in [0.15, 0.2) is 0 Å². The van der Waals surface area contributed by atoms with E-state index in [0.29, 0.717) is 11.3 Å². The van der Waals surface area contributed by atoms with E-state index < -0.39 is 17.4 Å². The zero-order valence-corrected chi connectivity index (χ0v) is 14.9. The Balaban J connectivity index is 1.85. The Kier molecular flexibility index (Phi) is 5.07. The van der Waals surface area contributed by atoms with Crippen LogP contribution in [-0.2, 0) is 0 Å². The van der Waals surface area contributed by atoms with Crippen LogP contribution in [0.2, 0.25) is 0 Å². The van der Waals surface area contributed by atoms with Crippen molar-refractivity contribution in [2.24, 2.45) is 5.10 Å². The second-order valence-corrected chi connectivity index (χ2v) is 5.74. The van der Waals surface area contributed by atoms with Gasteiger partial charge in [-0.2, -0.15) is 14.9 Å². The number of rotatable bonds is 5. The van der Waals surface area contributed by atoms with E-state index in [1.54, 1.807) is 25.1 Å². The summed E-state index contributed by atoms with van der Waals surface area (Å²) in [7, 11) is 0. The highest BCUT2D eigenvalue weighted by Gasteiger charge is 2.17. The molecule has 0 saturated carbocycles. The first-order chi connectivity index (χ1) is 13.4. The van der Waals surface area contributed by atoms with Gasteiger partial charge in [-0.05, 0) is 26.0 Å². The molecule has 142 valence electrons. The number of carboxylic acids is 1. The van der Waals surface area contributed by atoms with Crippen molar-refractivity contribution in [3.8, 4) is 5.95 Å². The fraction of sp³-hybridized carbons (Fsp3) is 0.118. The van der Waals surface area contributed by atoms with Gasteiger partial charge in [0, 0.05) is 5.56 Å². The molecule has 3 aromatic rings. The normalized spacial score (nSPS) is 10.9. The zero-order chi connectivity index (χ0) is 20.3. The lowest BCUT2D eigenvalue weighted by Crippen LogP contribution is -2.24. The van der Waals surface area contributed by atoms with E-state index in [2.05, 4.69) is 30.8 Å². The number of carbonyl (C=O) groups is 2. The topological polar surface area (TPSA) is 155 Å². The number of nitrogens with one attached hydrogen (secondary N) is 2. The first-order valence-corrected chi connectivity index (χ1v) is 8.03. The van der Waals surface area contributed by atoms with E-state index >= 15 is 0 Å². The van der Waals surface area contributed by atoms with Crippen molar-refractivity contribution in [3.05, 3.63) is 68.9 Å². The minimum atomic E-state index is -1.11. The van der Waals surface area contributed by atoms with E-state index in [1.165, 1.54) is 25.3 Å². The average Bonchev–Trinajstić information content (AvgIpc) is 3.06. The third-order valence-electron chi connectivity index (χ3n) is 3.67. The van der Waals surface area contributed by atoms with Gasteiger partial charge in [0.25, 0.3) is 17.4 Å². The predicted octanol–water partition coefficient (Wildman–Crippen LogP) is 0.430. The number of carbonyl (C=O) groups excluding carboxylic acids is 1. The van der Waals surface area contributed by atoms with Gasteiger partial charge in [-0.15, -0.1) is 10.2 Å². The van der Waals surface area contributed by atoms with Gasteiger partial charge < -0.3 is 5.11 Å². The molecular formula is C17H15N7O4. The number of hydrogen-bond acceptors (Lipinski definition) is 7. The van der Waals surface area contributed by atoms with Crippen molar-refractivity contribution >= 4 is 18.1 Å². The summed E-state index contributed by atoms with van der Waals surface area (Å²) in [5.74, 6) is -1.76. The summed E-state index contributed by atoms with van der Waals surface area (Å²) in [4.78, 5) is 37.9. The largest absolute Gasteiger partial charge is 0.478 e. The average molecular weight is 381 g/mol. The van der Waals surface area contributed by atoms with Gasteiger partial charge in [-0.3, -0.25) is 14.6 Å². The van der Waals surface area contributed by atoms with Crippen LogP contribution in [0, 0.1) is 13.8 Å². The molecule has 28 heavy (non-hydrogen) atoms. The second-order valence-electron chi connectivity index (χ2n) is 5.74. The maximum atomic E-state index is 12.5. The molecule has 1 aromatic carbocycles.